The number of hydrogen-bond donors (Lipinski definition) is 2. The third-order valence-electron chi connectivity index (χ3n) is 4.04. The largest absolute Gasteiger partial charge is 0.487 e. The van der Waals surface area contributed by atoms with Crippen LogP contribution in [0.1, 0.15) is 57.1 Å². The zero-order valence-electron chi connectivity index (χ0n) is 12.9. The van der Waals surface area contributed by atoms with Gasteiger partial charge in [0.25, 0.3) is 0 Å². The average molecular weight is 285 g/mol. The second-order valence-electron chi connectivity index (χ2n) is 6.26. The minimum Gasteiger partial charge on any atom is -0.487 e. The topological polar surface area (TPSA) is 49.9 Å². The van der Waals surface area contributed by atoms with Crippen LogP contribution in [-0.4, -0.2) is 15.6 Å². The van der Waals surface area contributed by atoms with Gasteiger partial charge in [-0.3, -0.25) is 0 Å². The number of para-hydroxylation sites is 1. The summed E-state index contributed by atoms with van der Waals surface area (Å²) in [7, 11) is 0. The predicted molar refractivity (Wildman–Crippen MR) is 83.3 cm³/mol. The Morgan fingerprint density at radius 3 is 2.95 bits per heavy atom. The molecule has 0 fully saturated rings. The fourth-order valence-electron chi connectivity index (χ4n) is 3.05. The Morgan fingerprint density at radius 1 is 1.43 bits per heavy atom. The summed E-state index contributed by atoms with van der Waals surface area (Å²) >= 11 is 0. The Balaban J connectivity index is 1.87. The van der Waals surface area contributed by atoms with Gasteiger partial charge in [0.1, 0.15) is 17.2 Å². The summed E-state index contributed by atoms with van der Waals surface area (Å²) < 4.78 is 6.09. The number of aromatic nitrogens is 2. The molecular weight excluding hydrogens is 262 g/mol. The van der Waals surface area contributed by atoms with E-state index in [0.717, 1.165) is 24.4 Å². The third-order valence-corrected chi connectivity index (χ3v) is 4.04. The molecule has 0 spiro atoms. The smallest absolute Gasteiger partial charge is 0.124 e. The Kier molecular flexibility index (Phi) is 3.72. The molecule has 0 aliphatic carbocycles. The molecule has 0 saturated carbocycles. The van der Waals surface area contributed by atoms with Crippen molar-refractivity contribution >= 4 is 0 Å². The molecule has 0 radical (unpaired) electrons. The average Bonchev–Trinajstić information content (AvgIpc) is 2.97. The van der Waals surface area contributed by atoms with Gasteiger partial charge in [0.15, 0.2) is 0 Å². The van der Waals surface area contributed by atoms with Gasteiger partial charge in [0.2, 0.25) is 0 Å². The van der Waals surface area contributed by atoms with Crippen molar-refractivity contribution in [3.63, 3.8) is 0 Å². The molecule has 4 heteroatoms. The molecule has 1 aliphatic heterocycles. The first-order chi connectivity index (χ1) is 10.1. The number of imidazole rings is 1. The van der Waals surface area contributed by atoms with Crippen LogP contribution in [0.2, 0.25) is 0 Å². The van der Waals surface area contributed by atoms with Crippen LogP contribution < -0.4 is 10.1 Å². The van der Waals surface area contributed by atoms with Crippen LogP contribution in [0.25, 0.3) is 0 Å². The Bertz CT molecular complexity index is 592. The molecule has 2 N–H and O–H groups in total. The molecule has 1 aromatic carbocycles. The SMILES string of the molecule is CCC(NC1CC(C)(C)Oc2ccccc21)c1ncc[nH]1. The first-order valence-electron chi connectivity index (χ1n) is 7.62. The normalized spacial score (nSPS) is 21.4. The summed E-state index contributed by atoms with van der Waals surface area (Å²) in [5, 5.41) is 3.75. The number of rotatable bonds is 4. The van der Waals surface area contributed by atoms with E-state index in [9.17, 15) is 0 Å². The molecule has 112 valence electrons. The Labute approximate surface area is 125 Å². The molecule has 3 rings (SSSR count). The maximum atomic E-state index is 6.09. The van der Waals surface area contributed by atoms with Crippen LogP contribution in [0, 0.1) is 0 Å². The molecule has 1 aliphatic rings. The highest BCUT2D eigenvalue weighted by molar-refractivity contribution is 5.38. The molecule has 0 bridgehead atoms. The van der Waals surface area contributed by atoms with E-state index in [1.165, 1.54) is 5.56 Å². The Hall–Kier alpha value is -1.81. The lowest BCUT2D eigenvalue weighted by Gasteiger charge is -2.39. The molecule has 2 aromatic rings. The number of fused-ring (bicyclic) bond motifs is 1. The molecule has 2 atom stereocenters. The first kappa shape index (κ1) is 14.1. The van der Waals surface area contributed by atoms with Gasteiger partial charge in [0, 0.05) is 30.4 Å². The van der Waals surface area contributed by atoms with Crippen LogP contribution in [-0.2, 0) is 0 Å². The number of benzene rings is 1. The van der Waals surface area contributed by atoms with Crippen LogP contribution >= 0.6 is 0 Å². The van der Waals surface area contributed by atoms with Crippen LogP contribution in [0.5, 0.6) is 5.75 Å². The van der Waals surface area contributed by atoms with E-state index in [-0.39, 0.29) is 17.7 Å². The van der Waals surface area contributed by atoms with E-state index in [2.05, 4.69) is 54.3 Å². The van der Waals surface area contributed by atoms with E-state index < -0.39 is 0 Å². The van der Waals surface area contributed by atoms with Gasteiger partial charge in [-0.1, -0.05) is 25.1 Å². The highest BCUT2D eigenvalue weighted by Crippen LogP contribution is 2.40. The summed E-state index contributed by atoms with van der Waals surface area (Å²) in [6.07, 6.45) is 5.62. The summed E-state index contributed by atoms with van der Waals surface area (Å²) in [6.45, 7) is 6.47. The number of H-pyrrole nitrogens is 1. The summed E-state index contributed by atoms with van der Waals surface area (Å²) in [4.78, 5) is 7.61. The van der Waals surface area contributed by atoms with Crippen LogP contribution in [0.3, 0.4) is 0 Å². The predicted octanol–water partition coefficient (Wildman–Crippen LogP) is 3.75. The van der Waals surface area contributed by atoms with Crippen molar-refractivity contribution in [2.24, 2.45) is 0 Å². The van der Waals surface area contributed by atoms with Gasteiger partial charge in [0.05, 0.1) is 6.04 Å². The maximum Gasteiger partial charge on any atom is 0.124 e. The highest BCUT2D eigenvalue weighted by atomic mass is 16.5. The van der Waals surface area contributed by atoms with Crippen molar-refractivity contribution in [2.75, 3.05) is 0 Å². The second kappa shape index (κ2) is 5.53. The van der Waals surface area contributed by atoms with Gasteiger partial charge < -0.3 is 15.0 Å². The fraction of sp³-hybridized carbons (Fsp3) is 0.471. The quantitative estimate of drug-likeness (QED) is 0.899. The molecule has 1 aromatic heterocycles. The van der Waals surface area contributed by atoms with Gasteiger partial charge in [-0.2, -0.15) is 0 Å². The van der Waals surface area contributed by atoms with Crippen molar-refractivity contribution in [1.29, 1.82) is 0 Å². The number of nitrogens with zero attached hydrogens (tertiary/aromatic N) is 1. The van der Waals surface area contributed by atoms with Gasteiger partial charge in [-0.25, -0.2) is 4.98 Å². The van der Waals surface area contributed by atoms with Gasteiger partial charge in [-0.15, -0.1) is 0 Å². The van der Waals surface area contributed by atoms with Crippen molar-refractivity contribution in [1.82, 2.24) is 15.3 Å². The highest BCUT2D eigenvalue weighted by Gasteiger charge is 2.34. The molecule has 2 heterocycles. The van der Waals surface area contributed by atoms with E-state index in [1.807, 2.05) is 18.5 Å². The molecular formula is C17H23N3O. The summed E-state index contributed by atoms with van der Waals surface area (Å²) in [5.41, 5.74) is 1.08. The van der Waals surface area contributed by atoms with E-state index >= 15 is 0 Å². The number of aromatic amines is 1. The van der Waals surface area contributed by atoms with Crippen molar-refractivity contribution in [3.05, 3.63) is 48.0 Å². The lowest BCUT2D eigenvalue weighted by atomic mass is 9.89. The zero-order chi connectivity index (χ0) is 14.9. The summed E-state index contributed by atoms with van der Waals surface area (Å²) in [6, 6.07) is 8.81. The lowest BCUT2D eigenvalue weighted by molar-refractivity contribution is 0.0632. The minimum atomic E-state index is -0.159. The molecule has 0 saturated heterocycles. The van der Waals surface area contributed by atoms with Crippen molar-refractivity contribution in [2.45, 2.75) is 51.3 Å². The maximum absolute atomic E-state index is 6.09. The second-order valence-corrected chi connectivity index (χ2v) is 6.26. The van der Waals surface area contributed by atoms with E-state index in [0.29, 0.717) is 0 Å². The Morgan fingerprint density at radius 2 is 2.24 bits per heavy atom. The van der Waals surface area contributed by atoms with Crippen LogP contribution in [0.4, 0.5) is 0 Å². The summed E-state index contributed by atoms with van der Waals surface area (Å²) in [5.74, 6) is 1.99. The molecule has 2 unspecified atom stereocenters. The molecule has 4 nitrogen and oxygen atoms in total. The molecule has 21 heavy (non-hydrogen) atoms. The number of ether oxygens (including phenoxy) is 1. The standard InChI is InChI=1S/C17H23N3O/c1-4-13(16-18-9-10-19-16)20-14-11-17(2,3)21-15-8-6-5-7-12(14)15/h5-10,13-14,20H,4,11H2,1-3H3,(H,18,19). The minimum absolute atomic E-state index is 0.159. The lowest BCUT2D eigenvalue weighted by Crippen LogP contribution is -2.40. The fourth-order valence-corrected chi connectivity index (χ4v) is 3.05. The first-order valence-corrected chi connectivity index (χ1v) is 7.62. The number of nitrogens with one attached hydrogen (secondary N) is 2. The zero-order valence-corrected chi connectivity index (χ0v) is 12.9. The number of hydrogen-bond acceptors (Lipinski definition) is 3. The van der Waals surface area contributed by atoms with E-state index in [4.69, 9.17) is 4.74 Å². The monoisotopic (exact) mass is 285 g/mol. The van der Waals surface area contributed by atoms with Gasteiger partial charge in [-0.05, 0) is 26.3 Å². The van der Waals surface area contributed by atoms with E-state index in [1.54, 1.807) is 0 Å². The van der Waals surface area contributed by atoms with Gasteiger partial charge >= 0.3 is 0 Å². The van der Waals surface area contributed by atoms with Crippen molar-refractivity contribution in [3.8, 4) is 5.75 Å². The molecule has 0 amide bonds. The van der Waals surface area contributed by atoms with Crippen molar-refractivity contribution < 1.29 is 4.74 Å². The van der Waals surface area contributed by atoms with Crippen LogP contribution in [0.15, 0.2) is 36.7 Å². The third kappa shape index (κ3) is 2.95.